The molecule has 2 aromatic heterocycles. The molecule has 13 heteroatoms. The van der Waals surface area contributed by atoms with Crippen LogP contribution >= 0.6 is 0 Å². The van der Waals surface area contributed by atoms with Crippen molar-refractivity contribution >= 4 is 22.9 Å². The van der Waals surface area contributed by atoms with Crippen LogP contribution in [0.4, 0.5) is 13.2 Å². The molecule has 2 atom stereocenters. The van der Waals surface area contributed by atoms with Crippen LogP contribution in [0.15, 0.2) is 66.7 Å². The summed E-state index contributed by atoms with van der Waals surface area (Å²) in [4.78, 5) is 34.6. The van der Waals surface area contributed by atoms with Crippen LogP contribution in [-0.2, 0) is 22.6 Å². The number of ether oxygens (including phenoxy) is 2. The molecule has 1 amide bonds. The first kappa shape index (κ1) is 32.2. The Bertz CT molecular complexity index is 2110. The average Bonchev–Trinajstić information content (AvgIpc) is 3.66. The lowest BCUT2D eigenvalue weighted by molar-refractivity contribution is -0.128. The van der Waals surface area contributed by atoms with E-state index in [1.807, 2.05) is 6.07 Å². The van der Waals surface area contributed by atoms with E-state index in [0.29, 0.717) is 23.4 Å². The fourth-order valence-electron chi connectivity index (χ4n) is 5.89. The molecule has 2 unspecified atom stereocenters. The fourth-order valence-corrected chi connectivity index (χ4v) is 5.89. The molecule has 0 bridgehead atoms. The van der Waals surface area contributed by atoms with E-state index in [-0.39, 0.29) is 64.9 Å². The normalized spacial score (nSPS) is 15.9. The zero-order chi connectivity index (χ0) is 34.1. The Kier molecular flexibility index (Phi) is 8.84. The van der Waals surface area contributed by atoms with E-state index in [4.69, 9.17) is 14.7 Å². The first-order chi connectivity index (χ1) is 23.1. The molecule has 1 aliphatic rings. The van der Waals surface area contributed by atoms with Gasteiger partial charge in [-0.1, -0.05) is 12.1 Å². The van der Waals surface area contributed by atoms with Crippen LogP contribution < -0.4 is 4.74 Å². The van der Waals surface area contributed by atoms with E-state index in [0.717, 1.165) is 18.2 Å². The molecular formula is C35H28F3N5O5. The van der Waals surface area contributed by atoms with Crippen molar-refractivity contribution in [1.82, 2.24) is 19.4 Å². The first-order valence-electron chi connectivity index (χ1n) is 14.9. The minimum Gasteiger partial charge on any atom is -0.478 e. The van der Waals surface area contributed by atoms with Gasteiger partial charge in [0.2, 0.25) is 11.8 Å². The summed E-state index contributed by atoms with van der Waals surface area (Å²) in [6.07, 6.45) is -0.615. The fraction of sp³-hybridized carbons (Fsp3) is 0.229. The van der Waals surface area contributed by atoms with E-state index >= 15 is 8.78 Å². The number of carboxylic acid groups (broad SMARTS) is 1. The molecule has 3 aromatic carbocycles. The van der Waals surface area contributed by atoms with Crippen molar-refractivity contribution in [1.29, 1.82) is 5.26 Å². The maximum absolute atomic E-state index is 15.7. The second-order valence-corrected chi connectivity index (χ2v) is 11.3. The summed E-state index contributed by atoms with van der Waals surface area (Å²) >= 11 is 0. The Morgan fingerprint density at radius 1 is 0.979 bits per heavy atom. The van der Waals surface area contributed by atoms with Crippen LogP contribution in [0.2, 0.25) is 0 Å². The highest BCUT2D eigenvalue weighted by Crippen LogP contribution is 2.33. The maximum Gasteiger partial charge on any atom is 0.335 e. The number of carboxylic acids is 1. The molecule has 1 saturated heterocycles. The number of imidazole rings is 1. The van der Waals surface area contributed by atoms with Crippen molar-refractivity contribution in [2.24, 2.45) is 0 Å². The number of aromatic nitrogens is 3. The van der Waals surface area contributed by atoms with Crippen molar-refractivity contribution in [2.75, 3.05) is 20.2 Å². The lowest BCUT2D eigenvalue weighted by Crippen LogP contribution is -2.27. The highest BCUT2D eigenvalue weighted by atomic mass is 19.1. The van der Waals surface area contributed by atoms with E-state index < -0.39 is 35.6 Å². The minimum absolute atomic E-state index is 0.00894. The quantitative estimate of drug-likeness (QED) is 0.215. The van der Waals surface area contributed by atoms with Gasteiger partial charge in [0.25, 0.3) is 0 Å². The van der Waals surface area contributed by atoms with Gasteiger partial charge in [-0.25, -0.2) is 27.9 Å². The number of methoxy groups -OCH3 is 1. The summed E-state index contributed by atoms with van der Waals surface area (Å²) in [5.41, 5.74) is 1.24. The molecule has 6 rings (SSSR count). The zero-order valence-corrected chi connectivity index (χ0v) is 25.8. The lowest BCUT2D eigenvalue weighted by Gasteiger charge is -2.22. The largest absolute Gasteiger partial charge is 0.478 e. The van der Waals surface area contributed by atoms with Crippen molar-refractivity contribution in [3.63, 3.8) is 0 Å². The van der Waals surface area contributed by atoms with Crippen LogP contribution in [0.5, 0.6) is 5.88 Å². The monoisotopic (exact) mass is 655 g/mol. The van der Waals surface area contributed by atoms with E-state index in [1.54, 1.807) is 21.6 Å². The summed E-state index contributed by atoms with van der Waals surface area (Å²) in [7, 11) is 1.51. The van der Waals surface area contributed by atoms with Crippen LogP contribution in [0.25, 0.3) is 22.3 Å². The molecular weight excluding hydrogens is 627 g/mol. The number of pyridine rings is 1. The Labute approximate surface area is 272 Å². The number of nitrogens with zero attached hydrogens (tertiary/aromatic N) is 5. The molecule has 1 fully saturated rings. The van der Waals surface area contributed by atoms with Crippen LogP contribution in [0.1, 0.15) is 45.8 Å². The number of carbonyl (C=O) groups is 2. The van der Waals surface area contributed by atoms with Crippen molar-refractivity contribution in [3.05, 3.63) is 112 Å². The molecule has 48 heavy (non-hydrogen) atoms. The third-order valence-electron chi connectivity index (χ3n) is 8.37. The second kappa shape index (κ2) is 13.2. The molecule has 3 heterocycles. The predicted molar refractivity (Wildman–Crippen MR) is 167 cm³/mol. The van der Waals surface area contributed by atoms with Gasteiger partial charge < -0.3 is 24.0 Å². The predicted octanol–water partition coefficient (Wildman–Crippen LogP) is 5.67. The van der Waals surface area contributed by atoms with Gasteiger partial charge in [-0.05, 0) is 54.1 Å². The van der Waals surface area contributed by atoms with Gasteiger partial charge in [0.15, 0.2) is 0 Å². The number of fused-ring (bicyclic) bond motifs is 1. The first-order valence-corrected chi connectivity index (χ1v) is 14.9. The third kappa shape index (κ3) is 6.30. The molecule has 1 N–H and O–H groups in total. The lowest BCUT2D eigenvalue weighted by atomic mass is 10.0. The zero-order valence-electron chi connectivity index (χ0n) is 25.8. The minimum atomic E-state index is -1.14. The Balaban J connectivity index is 1.31. The summed E-state index contributed by atoms with van der Waals surface area (Å²) < 4.78 is 58.7. The summed E-state index contributed by atoms with van der Waals surface area (Å²) in [6.45, 7) is 1.79. The van der Waals surface area contributed by atoms with Crippen molar-refractivity contribution in [3.8, 4) is 23.2 Å². The number of likely N-dealkylation sites (tertiary alicyclic amines) is 1. The molecule has 0 aliphatic carbocycles. The summed E-state index contributed by atoms with van der Waals surface area (Å²) in [6, 6.07) is 16.4. The Hall–Kier alpha value is -5.74. The van der Waals surface area contributed by atoms with Crippen molar-refractivity contribution in [2.45, 2.75) is 32.1 Å². The van der Waals surface area contributed by atoms with Gasteiger partial charge in [0, 0.05) is 50.7 Å². The van der Waals surface area contributed by atoms with Gasteiger partial charge in [-0.3, -0.25) is 4.79 Å². The standard InChI is InChI=1S/C35H28F3N5O5/c1-19(44)42-16-31(32(17-42)47-2)43-30-12-21(35(45)46)8-9-29(30)40-33(43)13-23-11-27(38)24(14-26(23)37)28-4-3-5-34(41-28)48-18-22-7-6-20(15-39)10-25(22)36/h3-12,14,31-32H,13,16-18H2,1-2H3,(H,45,46). The van der Waals surface area contributed by atoms with Gasteiger partial charge in [0.05, 0.1) is 46.1 Å². The number of hydrogen-bond acceptors (Lipinski definition) is 7. The molecule has 10 nitrogen and oxygen atoms in total. The number of rotatable bonds is 9. The van der Waals surface area contributed by atoms with Gasteiger partial charge in [-0.2, -0.15) is 5.26 Å². The SMILES string of the molecule is COC1CN(C(C)=O)CC1n1c(Cc2cc(F)c(-c3cccc(OCc4ccc(C#N)cc4F)n3)cc2F)nc2ccc(C(=O)O)cc21. The highest BCUT2D eigenvalue weighted by Gasteiger charge is 2.37. The van der Waals surface area contributed by atoms with E-state index in [1.165, 1.54) is 50.4 Å². The number of carbonyl (C=O) groups excluding carboxylic acids is 1. The van der Waals surface area contributed by atoms with Crippen molar-refractivity contribution < 1.29 is 37.3 Å². The van der Waals surface area contributed by atoms with Gasteiger partial charge in [-0.15, -0.1) is 0 Å². The Morgan fingerprint density at radius 3 is 2.48 bits per heavy atom. The number of nitriles is 1. The molecule has 0 spiro atoms. The number of halogens is 3. The van der Waals surface area contributed by atoms with Crippen LogP contribution in [0, 0.1) is 28.8 Å². The third-order valence-corrected chi connectivity index (χ3v) is 8.37. The highest BCUT2D eigenvalue weighted by molar-refractivity contribution is 5.92. The Morgan fingerprint density at radius 2 is 1.77 bits per heavy atom. The van der Waals surface area contributed by atoms with Gasteiger partial charge >= 0.3 is 5.97 Å². The van der Waals surface area contributed by atoms with E-state index in [9.17, 15) is 19.1 Å². The smallest absolute Gasteiger partial charge is 0.335 e. The number of aromatic carboxylic acids is 1. The molecule has 244 valence electrons. The molecule has 1 aliphatic heterocycles. The van der Waals surface area contributed by atoms with E-state index in [2.05, 4.69) is 9.97 Å². The number of benzene rings is 3. The summed E-state index contributed by atoms with van der Waals surface area (Å²) in [5.74, 6) is -3.03. The average molecular weight is 656 g/mol. The molecule has 0 saturated carbocycles. The summed E-state index contributed by atoms with van der Waals surface area (Å²) in [5, 5.41) is 18.6. The number of amides is 1. The number of hydrogen-bond donors (Lipinski definition) is 1. The second-order valence-electron chi connectivity index (χ2n) is 11.3. The van der Waals surface area contributed by atoms with Gasteiger partial charge in [0.1, 0.15) is 29.9 Å². The van der Waals surface area contributed by atoms with Crippen LogP contribution in [0.3, 0.4) is 0 Å². The molecule has 5 aromatic rings. The molecule has 0 radical (unpaired) electrons. The maximum atomic E-state index is 15.7. The van der Waals surface area contributed by atoms with Crippen LogP contribution in [-0.4, -0.2) is 62.7 Å². The topological polar surface area (TPSA) is 131 Å².